The van der Waals surface area contributed by atoms with E-state index in [1.54, 1.807) is 5.41 Å². The molecule has 0 N–H and O–H groups in total. The maximum Gasteiger partial charge on any atom is 0.235 e. The van der Waals surface area contributed by atoms with Crippen molar-refractivity contribution in [3.63, 3.8) is 0 Å². The van der Waals surface area contributed by atoms with E-state index in [-0.39, 0.29) is 18.1 Å². The van der Waals surface area contributed by atoms with Gasteiger partial charge in [-0.15, -0.1) is 0 Å². The maximum absolute atomic E-state index is 12.6. The number of carbonyl (C=O) groups is 1. The minimum atomic E-state index is -0.221. The summed E-state index contributed by atoms with van der Waals surface area (Å²) < 4.78 is 11.4. The molecule has 3 aromatic rings. The van der Waals surface area contributed by atoms with E-state index in [0.29, 0.717) is 11.5 Å². The molecule has 0 fully saturated rings. The first-order valence-electron chi connectivity index (χ1n) is 8.17. The Morgan fingerprint density at radius 1 is 0.769 bits per heavy atom. The van der Waals surface area contributed by atoms with Crippen LogP contribution >= 0.6 is 11.8 Å². The van der Waals surface area contributed by atoms with Crippen LogP contribution in [0.25, 0.3) is 0 Å². The predicted molar refractivity (Wildman–Crippen MR) is 104 cm³/mol. The first-order chi connectivity index (χ1) is 12.8. The Bertz CT molecular complexity index is 846. The summed E-state index contributed by atoms with van der Waals surface area (Å²) in [6, 6.07) is 28.3. The summed E-state index contributed by atoms with van der Waals surface area (Å²) >= 11 is 1.43. The number of para-hydroxylation sites is 2. The molecule has 0 unspecified atom stereocenters. The highest BCUT2D eigenvalue weighted by Gasteiger charge is 2.14. The topological polar surface area (TPSA) is 35.5 Å². The van der Waals surface area contributed by atoms with Crippen LogP contribution in [0, 0.1) is 0 Å². The first kappa shape index (κ1) is 17.8. The number of ether oxygens (including phenoxy) is 2. The Balaban J connectivity index is 1.71. The largest absolute Gasteiger partial charge is 0.485 e. The Morgan fingerprint density at radius 2 is 1.31 bits per heavy atom. The molecule has 0 saturated carbocycles. The quantitative estimate of drug-likeness (QED) is 0.307. The number of thioether (sulfide) groups is 1. The van der Waals surface area contributed by atoms with Crippen molar-refractivity contribution in [2.75, 3.05) is 6.61 Å². The van der Waals surface area contributed by atoms with E-state index in [9.17, 15) is 4.79 Å². The van der Waals surface area contributed by atoms with Crippen LogP contribution in [0.1, 0.15) is 0 Å². The Labute approximate surface area is 157 Å². The summed E-state index contributed by atoms with van der Waals surface area (Å²) in [5.41, 5.74) is 0. The summed E-state index contributed by atoms with van der Waals surface area (Å²) in [7, 11) is 0. The molecule has 130 valence electrons. The van der Waals surface area contributed by atoms with Crippen LogP contribution in [-0.4, -0.2) is 12.4 Å². The van der Waals surface area contributed by atoms with E-state index in [1.165, 1.54) is 11.8 Å². The lowest BCUT2D eigenvalue weighted by Gasteiger charge is -2.10. The van der Waals surface area contributed by atoms with E-state index in [4.69, 9.17) is 9.47 Å². The van der Waals surface area contributed by atoms with Gasteiger partial charge in [-0.2, -0.15) is 0 Å². The lowest BCUT2D eigenvalue weighted by Crippen LogP contribution is -2.17. The summed E-state index contributed by atoms with van der Waals surface area (Å²) in [6.07, 6.45) is 0. The van der Waals surface area contributed by atoms with Crippen LogP contribution in [-0.2, 0) is 4.79 Å². The van der Waals surface area contributed by atoms with Crippen molar-refractivity contribution in [2.24, 2.45) is 0 Å². The van der Waals surface area contributed by atoms with Gasteiger partial charge in [0.2, 0.25) is 5.78 Å². The van der Waals surface area contributed by atoms with Gasteiger partial charge in [-0.25, -0.2) is 0 Å². The molecule has 0 atom stereocenters. The van der Waals surface area contributed by atoms with Crippen molar-refractivity contribution < 1.29 is 14.3 Å². The van der Waals surface area contributed by atoms with Gasteiger partial charge in [-0.3, -0.25) is 4.79 Å². The smallest absolute Gasteiger partial charge is 0.235 e. The Morgan fingerprint density at radius 3 is 1.92 bits per heavy atom. The highest BCUT2D eigenvalue weighted by atomic mass is 32.2. The van der Waals surface area contributed by atoms with Gasteiger partial charge in [0, 0.05) is 10.3 Å². The number of rotatable bonds is 8. The van der Waals surface area contributed by atoms with Gasteiger partial charge in [0.25, 0.3) is 0 Å². The van der Waals surface area contributed by atoms with Gasteiger partial charge in [-0.1, -0.05) is 66.4 Å². The molecule has 0 aliphatic rings. The average molecular weight is 362 g/mol. The molecular formula is C22H18O3S. The molecule has 0 heterocycles. The van der Waals surface area contributed by atoms with Crippen LogP contribution < -0.4 is 9.47 Å². The molecule has 0 spiro atoms. The van der Waals surface area contributed by atoms with E-state index in [1.807, 2.05) is 91.0 Å². The standard InChI is InChI=1S/C22H18O3S/c23-21(16-24-18-10-4-1-5-11-18)22(25-19-12-6-2-7-13-19)17-26-20-14-8-3-9-15-20/h1-15,17H,16H2/b22-17-. The molecule has 3 aromatic carbocycles. The molecule has 0 amide bonds. The van der Waals surface area contributed by atoms with Crippen molar-refractivity contribution in [1.29, 1.82) is 0 Å². The lowest BCUT2D eigenvalue weighted by molar-refractivity contribution is -0.119. The van der Waals surface area contributed by atoms with Gasteiger partial charge >= 0.3 is 0 Å². The van der Waals surface area contributed by atoms with Crippen molar-refractivity contribution in [3.8, 4) is 11.5 Å². The van der Waals surface area contributed by atoms with Crippen molar-refractivity contribution in [3.05, 3.63) is 102 Å². The van der Waals surface area contributed by atoms with Crippen molar-refractivity contribution in [2.45, 2.75) is 4.90 Å². The second kappa shape index (κ2) is 9.49. The van der Waals surface area contributed by atoms with Gasteiger partial charge in [0.05, 0.1) is 0 Å². The molecule has 4 heteroatoms. The van der Waals surface area contributed by atoms with E-state index in [0.717, 1.165) is 4.90 Å². The molecule has 0 aromatic heterocycles. The summed E-state index contributed by atoms with van der Waals surface area (Å²) in [6.45, 7) is -0.0853. The van der Waals surface area contributed by atoms with Gasteiger partial charge in [0.15, 0.2) is 12.4 Å². The fraction of sp³-hybridized carbons (Fsp3) is 0.0455. The number of benzene rings is 3. The zero-order valence-electron chi connectivity index (χ0n) is 14.1. The SMILES string of the molecule is O=C(COc1ccccc1)/C(=C/Sc1ccccc1)Oc1ccccc1. The third kappa shape index (κ3) is 5.53. The Hall–Kier alpha value is -2.98. The molecule has 0 saturated heterocycles. The third-order valence-corrected chi connectivity index (χ3v) is 4.28. The number of Topliss-reactive ketones (excluding diaryl/α,β-unsaturated/α-hetero) is 1. The molecule has 3 nitrogen and oxygen atoms in total. The predicted octanol–water partition coefficient (Wildman–Crippen LogP) is 5.35. The average Bonchev–Trinajstić information content (AvgIpc) is 2.71. The summed E-state index contributed by atoms with van der Waals surface area (Å²) in [5, 5.41) is 1.72. The lowest BCUT2D eigenvalue weighted by atomic mass is 10.3. The molecule has 0 bridgehead atoms. The summed E-state index contributed by atoms with van der Waals surface area (Å²) in [5.74, 6) is 1.29. The third-order valence-electron chi connectivity index (χ3n) is 3.40. The highest BCUT2D eigenvalue weighted by molar-refractivity contribution is 8.02. The molecular weight excluding hydrogens is 344 g/mol. The second-order valence-corrected chi connectivity index (χ2v) is 6.30. The minimum Gasteiger partial charge on any atom is -0.485 e. The van der Waals surface area contributed by atoms with Crippen molar-refractivity contribution in [1.82, 2.24) is 0 Å². The number of hydrogen-bond acceptors (Lipinski definition) is 4. The molecule has 0 aliphatic carbocycles. The van der Waals surface area contributed by atoms with Crippen LogP contribution in [0.2, 0.25) is 0 Å². The molecule has 0 aliphatic heterocycles. The van der Waals surface area contributed by atoms with Gasteiger partial charge in [0.1, 0.15) is 11.5 Å². The zero-order valence-corrected chi connectivity index (χ0v) is 14.9. The number of hydrogen-bond donors (Lipinski definition) is 0. The summed E-state index contributed by atoms with van der Waals surface area (Å²) in [4.78, 5) is 13.6. The van der Waals surface area contributed by atoms with Gasteiger partial charge < -0.3 is 9.47 Å². The number of ketones is 1. The monoisotopic (exact) mass is 362 g/mol. The van der Waals surface area contributed by atoms with E-state index in [2.05, 4.69) is 0 Å². The fourth-order valence-corrected chi connectivity index (χ4v) is 2.86. The van der Waals surface area contributed by atoms with Crippen LogP contribution in [0.4, 0.5) is 0 Å². The van der Waals surface area contributed by atoms with Crippen molar-refractivity contribution >= 4 is 17.5 Å². The second-order valence-electron chi connectivity index (χ2n) is 5.35. The van der Waals surface area contributed by atoms with E-state index < -0.39 is 0 Å². The Kier molecular flexibility index (Phi) is 6.51. The van der Waals surface area contributed by atoms with E-state index >= 15 is 0 Å². The molecule has 0 radical (unpaired) electrons. The van der Waals surface area contributed by atoms with Crippen LogP contribution in [0.15, 0.2) is 107 Å². The fourth-order valence-electron chi connectivity index (χ4n) is 2.12. The first-order valence-corrected chi connectivity index (χ1v) is 9.05. The van der Waals surface area contributed by atoms with Crippen LogP contribution in [0.5, 0.6) is 11.5 Å². The molecule has 26 heavy (non-hydrogen) atoms. The normalized spacial score (nSPS) is 11.0. The number of carbonyl (C=O) groups excluding carboxylic acids is 1. The maximum atomic E-state index is 12.6. The molecule has 3 rings (SSSR count). The minimum absolute atomic E-state index is 0.0853. The zero-order chi connectivity index (χ0) is 18.0. The highest BCUT2D eigenvalue weighted by Crippen LogP contribution is 2.23. The van der Waals surface area contributed by atoms with Gasteiger partial charge in [-0.05, 0) is 36.4 Å². The van der Waals surface area contributed by atoms with Crippen LogP contribution in [0.3, 0.4) is 0 Å².